The monoisotopic (exact) mass is 549 g/mol. The van der Waals surface area contributed by atoms with E-state index in [1.807, 2.05) is 80.2 Å². The van der Waals surface area contributed by atoms with Crippen LogP contribution < -0.4 is 14.8 Å². The van der Waals surface area contributed by atoms with Crippen LogP contribution in [0.5, 0.6) is 11.5 Å². The summed E-state index contributed by atoms with van der Waals surface area (Å²) in [5.41, 5.74) is 2.41. The lowest BCUT2D eigenvalue weighted by Gasteiger charge is -2.19. The Balaban J connectivity index is 1.21. The number of aliphatic hydroxyl groups is 1. The predicted molar refractivity (Wildman–Crippen MR) is 147 cm³/mol. The lowest BCUT2D eigenvalue weighted by Crippen LogP contribution is -2.33. The maximum Gasteiger partial charge on any atom is 0.407 e. The molecule has 4 aromatic rings. The maximum absolute atomic E-state index is 11.7. The normalized spacial score (nSPS) is 12.1. The second-order valence-corrected chi connectivity index (χ2v) is 10.2. The molecule has 212 valence electrons. The fraction of sp³-hybridized carbons (Fsp3) is 0.393. The van der Waals surface area contributed by atoms with E-state index in [1.54, 1.807) is 13.3 Å². The number of aryl methyl sites for hydroxylation is 1. The van der Waals surface area contributed by atoms with Gasteiger partial charge >= 0.3 is 6.09 Å². The first-order valence-corrected chi connectivity index (χ1v) is 13.0. The largest absolute Gasteiger partial charge is 0.497 e. The van der Waals surface area contributed by atoms with E-state index in [2.05, 4.69) is 25.8 Å². The van der Waals surface area contributed by atoms with Crippen molar-refractivity contribution < 1.29 is 24.1 Å². The van der Waals surface area contributed by atoms with Crippen molar-refractivity contribution in [3.8, 4) is 22.6 Å². The molecule has 12 heteroatoms. The van der Waals surface area contributed by atoms with E-state index in [1.165, 1.54) is 4.80 Å². The molecule has 0 saturated heterocycles. The lowest BCUT2D eigenvalue weighted by molar-refractivity contribution is 0.0526. The van der Waals surface area contributed by atoms with Gasteiger partial charge in [-0.3, -0.25) is 4.68 Å². The average Bonchev–Trinajstić information content (AvgIpc) is 3.60. The van der Waals surface area contributed by atoms with E-state index in [0.29, 0.717) is 25.4 Å². The third-order valence-corrected chi connectivity index (χ3v) is 5.71. The van der Waals surface area contributed by atoms with Crippen LogP contribution in [0, 0.1) is 0 Å². The van der Waals surface area contributed by atoms with Crippen molar-refractivity contribution in [2.24, 2.45) is 0 Å². The Kier molecular flexibility index (Phi) is 9.33. The summed E-state index contributed by atoms with van der Waals surface area (Å²) in [6.07, 6.45) is 3.03. The van der Waals surface area contributed by atoms with E-state index in [9.17, 15) is 9.90 Å². The number of hydrogen-bond acceptors (Lipinski definition) is 9. The molecule has 0 bridgehead atoms. The minimum absolute atomic E-state index is 0.0111. The number of ether oxygens (including phenoxy) is 3. The first-order chi connectivity index (χ1) is 19.2. The molecule has 0 fully saturated rings. The molecule has 2 aromatic heterocycles. The van der Waals surface area contributed by atoms with Crippen LogP contribution in [0.4, 0.5) is 4.79 Å². The third-order valence-electron chi connectivity index (χ3n) is 5.71. The number of nitrogens with one attached hydrogen (secondary N) is 1. The van der Waals surface area contributed by atoms with Gasteiger partial charge in [-0.2, -0.15) is 9.90 Å². The number of aliphatic hydroxyl groups excluding tert-OH is 1. The quantitative estimate of drug-likeness (QED) is 0.254. The number of benzene rings is 2. The van der Waals surface area contributed by atoms with Crippen molar-refractivity contribution in [2.45, 2.75) is 52.0 Å². The van der Waals surface area contributed by atoms with Crippen LogP contribution in [0.15, 0.2) is 60.9 Å². The number of aromatic nitrogens is 6. The highest BCUT2D eigenvalue weighted by atomic mass is 16.6. The number of tetrazole rings is 1. The summed E-state index contributed by atoms with van der Waals surface area (Å²) >= 11 is 0. The van der Waals surface area contributed by atoms with Gasteiger partial charge in [-0.05, 0) is 67.8 Å². The average molecular weight is 550 g/mol. The lowest BCUT2D eigenvalue weighted by atomic mass is 10.1. The van der Waals surface area contributed by atoms with Crippen LogP contribution in [0.3, 0.4) is 0 Å². The number of methoxy groups -OCH3 is 1. The summed E-state index contributed by atoms with van der Waals surface area (Å²) in [6.45, 7) is 7.06. The molecule has 2 heterocycles. The van der Waals surface area contributed by atoms with Crippen molar-refractivity contribution in [3.05, 3.63) is 72.3 Å². The molecular weight excluding hydrogens is 514 g/mol. The molecular formula is C28H35N7O5. The Morgan fingerprint density at radius 1 is 1.05 bits per heavy atom. The van der Waals surface area contributed by atoms with Gasteiger partial charge in [0, 0.05) is 24.8 Å². The van der Waals surface area contributed by atoms with Gasteiger partial charge in [0.05, 0.1) is 19.9 Å². The second kappa shape index (κ2) is 13.1. The first-order valence-electron chi connectivity index (χ1n) is 13.0. The van der Waals surface area contributed by atoms with Gasteiger partial charge in [-0.1, -0.05) is 24.3 Å². The number of carbonyl (C=O) groups excluding carboxylic acids is 1. The van der Waals surface area contributed by atoms with Crippen LogP contribution in [-0.4, -0.2) is 67.0 Å². The van der Waals surface area contributed by atoms with Crippen molar-refractivity contribution in [1.29, 1.82) is 0 Å². The minimum atomic E-state index is -1.02. The van der Waals surface area contributed by atoms with Gasteiger partial charge < -0.3 is 24.6 Å². The number of hydrogen-bond donors (Lipinski definition) is 2. The maximum atomic E-state index is 11.7. The molecule has 1 atom stereocenters. The zero-order valence-electron chi connectivity index (χ0n) is 23.1. The van der Waals surface area contributed by atoms with E-state index >= 15 is 0 Å². The van der Waals surface area contributed by atoms with Gasteiger partial charge in [0.1, 0.15) is 23.7 Å². The van der Waals surface area contributed by atoms with Crippen molar-refractivity contribution in [3.63, 3.8) is 0 Å². The molecule has 2 N–H and O–H groups in total. The van der Waals surface area contributed by atoms with Crippen LogP contribution in [-0.2, 0) is 17.8 Å². The zero-order valence-corrected chi connectivity index (χ0v) is 23.1. The number of amides is 1. The summed E-state index contributed by atoms with van der Waals surface area (Å²) in [5, 5.41) is 29.9. The molecule has 0 saturated carbocycles. The summed E-state index contributed by atoms with van der Waals surface area (Å²) in [6, 6.07) is 15.1. The fourth-order valence-electron chi connectivity index (χ4n) is 3.72. The SMILES string of the molecule is COc1ccc(Cn2nnc([C@H](O)COc3ccc(-c4cnn(CCCNC(=O)OC(C)(C)C)c4)cc3)n2)cc1. The predicted octanol–water partition coefficient (Wildman–Crippen LogP) is 3.62. The molecule has 0 aliphatic rings. The van der Waals surface area contributed by atoms with Gasteiger partial charge in [-0.25, -0.2) is 4.79 Å². The molecule has 0 spiro atoms. The summed E-state index contributed by atoms with van der Waals surface area (Å²) in [5.74, 6) is 1.57. The molecule has 40 heavy (non-hydrogen) atoms. The number of rotatable bonds is 12. The van der Waals surface area contributed by atoms with Crippen LogP contribution >= 0.6 is 0 Å². The van der Waals surface area contributed by atoms with Gasteiger partial charge in [-0.15, -0.1) is 10.2 Å². The van der Waals surface area contributed by atoms with E-state index in [-0.39, 0.29) is 12.4 Å². The summed E-state index contributed by atoms with van der Waals surface area (Å²) in [4.78, 5) is 13.2. The number of carbonyl (C=O) groups is 1. The highest BCUT2D eigenvalue weighted by molar-refractivity contribution is 5.67. The van der Waals surface area contributed by atoms with Crippen molar-refractivity contribution in [2.75, 3.05) is 20.3 Å². The Labute approximate surface area is 232 Å². The fourth-order valence-corrected chi connectivity index (χ4v) is 3.72. The Bertz CT molecular complexity index is 1360. The van der Waals surface area contributed by atoms with Crippen molar-refractivity contribution in [1.82, 2.24) is 35.3 Å². The standard InChI is InChI=1S/C28H35N7O5/c1-28(2,3)40-27(37)29-14-5-15-34-18-22(16-30-34)21-8-12-24(13-9-21)39-19-25(36)26-31-33-35(32-26)17-20-6-10-23(38-4)11-7-20/h6-13,16,18,25,36H,5,14-15,17,19H2,1-4H3,(H,29,37)/t25-/m1/s1. The van der Waals surface area contributed by atoms with Crippen LogP contribution in [0.25, 0.3) is 11.1 Å². The molecule has 0 radical (unpaired) electrons. The van der Waals surface area contributed by atoms with Crippen LogP contribution in [0.2, 0.25) is 0 Å². The topological polar surface area (TPSA) is 138 Å². The van der Waals surface area contributed by atoms with Gasteiger partial charge in [0.15, 0.2) is 6.10 Å². The summed E-state index contributed by atoms with van der Waals surface area (Å²) < 4.78 is 18.0. The molecule has 0 unspecified atom stereocenters. The Morgan fingerprint density at radius 3 is 2.48 bits per heavy atom. The van der Waals surface area contributed by atoms with Gasteiger partial charge in [0.2, 0.25) is 5.82 Å². The summed E-state index contributed by atoms with van der Waals surface area (Å²) in [7, 11) is 1.62. The van der Waals surface area contributed by atoms with E-state index in [0.717, 1.165) is 28.9 Å². The zero-order chi connectivity index (χ0) is 28.5. The number of alkyl carbamates (subject to hydrolysis) is 1. The highest BCUT2D eigenvalue weighted by Gasteiger charge is 2.16. The van der Waals surface area contributed by atoms with Crippen molar-refractivity contribution >= 4 is 6.09 Å². The van der Waals surface area contributed by atoms with E-state index in [4.69, 9.17) is 14.2 Å². The smallest absolute Gasteiger partial charge is 0.407 e. The third kappa shape index (κ3) is 8.53. The molecule has 4 rings (SSSR count). The Morgan fingerprint density at radius 2 is 1.77 bits per heavy atom. The molecule has 2 aromatic carbocycles. The van der Waals surface area contributed by atoms with E-state index < -0.39 is 17.8 Å². The first kappa shape index (κ1) is 28.6. The molecule has 12 nitrogen and oxygen atoms in total. The molecule has 0 aliphatic carbocycles. The molecule has 0 aliphatic heterocycles. The molecule has 1 amide bonds. The van der Waals surface area contributed by atoms with Gasteiger partial charge in [0.25, 0.3) is 0 Å². The Hall–Kier alpha value is -4.45. The minimum Gasteiger partial charge on any atom is -0.497 e. The highest BCUT2D eigenvalue weighted by Crippen LogP contribution is 2.23. The second-order valence-electron chi connectivity index (χ2n) is 10.2. The number of nitrogens with zero attached hydrogens (tertiary/aromatic N) is 6. The van der Waals surface area contributed by atoms with Crippen LogP contribution in [0.1, 0.15) is 44.7 Å².